The van der Waals surface area contributed by atoms with E-state index >= 15 is 0 Å². The van der Waals surface area contributed by atoms with Crippen LogP contribution in [0.3, 0.4) is 0 Å². The van der Waals surface area contributed by atoms with Gasteiger partial charge in [0.2, 0.25) is 5.95 Å². The SMILES string of the molecule is CCN(C(=O)c1cnc(Nc2ccc(F)c(Cl)c2)nc1)c1ccccc1. The van der Waals surface area contributed by atoms with E-state index in [0.29, 0.717) is 17.8 Å². The van der Waals surface area contributed by atoms with Gasteiger partial charge in [0.15, 0.2) is 0 Å². The number of carbonyl (C=O) groups is 1. The maximum absolute atomic E-state index is 13.2. The van der Waals surface area contributed by atoms with Crippen molar-refractivity contribution in [2.75, 3.05) is 16.8 Å². The smallest absolute Gasteiger partial charge is 0.261 e. The lowest BCUT2D eigenvalue weighted by Gasteiger charge is -2.20. The van der Waals surface area contributed by atoms with Crippen molar-refractivity contribution in [3.8, 4) is 0 Å². The van der Waals surface area contributed by atoms with Crippen LogP contribution in [0, 0.1) is 5.82 Å². The predicted molar refractivity (Wildman–Crippen MR) is 101 cm³/mol. The molecule has 0 aliphatic rings. The van der Waals surface area contributed by atoms with Crippen LogP contribution in [0.15, 0.2) is 60.9 Å². The Morgan fingerprint density at radius 1 is 1.15 bits per heavy atom. The summed E-state index contributed by atoms with van der Waals surface area (Å²) in [5.74, 6) is -0.401. The molecule has 1 heterocycles. The molecule has 1 N–H and O–H groups in total. The van der Waals surface area contributed by atoms with Gasteiger partial charge in [-0.3, -0.25) is 4.79 Å². The Balaban J connectivity index is 1.76. The summed E-state index contributed by atoms with van der Waals surface area (Å²) in [4.78, 5) is 22.6. The van der Waals surface area contributed by atoms with Crippen LogP contribution in [-0.4, -0.2) is 22.4 Å². The van der Waals surface area contributed by atoms with Crippen LogP contribution in [-0.2, 0) is 0 Å². The molecule has 0 saturated heterocycles. The van der Waals surface area contributed by atoms with Gasteiger partial charge in [-0.15, -0.1) is 0 Å². The minimum atomic E-state index is -0.500. The van der Waals surface area contributed by atoms with E-state index in [9.17, 15) is 9.18 Å². The molecule has 0 atom stereocenters. The zero-order valence-electron chi connectivity index (χ0n) is 14.0. The van der Waals surface area contributed by atoms with E-state index in [0.717, 1.165) is 5.69 Å². The highest BCUT2D eigenvalue weighted by Crippen LogP contribution is 2.21. The van der Waals surface area contributed by atoms with E-state index in [1.54, 1.807) is 4.90 Å². The molecule has 2 aromatic carbocycles. The van der Waals surface area contributed by atoms with Crippen molar-refractivity contribution in [2.45, 2.75) is 6.92 Å². The Morgan fingerprint density at radius 3 is 2.46 bits per heavy atom. The summed E-state index contributed by atoms with van der Waals surface area (Å²) in [6.07, 6.45) is 2.91. The molecule has 26 heavy (non-hydrogen) atoms. The highest BCUT2D eigenvalue weighted by molar-refractivity contribution is 6.31. The molecule has 0 unspecified atom stereocenters. The van der Waals surface area contributed by atoms with Gasteiger partial charge in [0.05, 0.1) is 10.6 Å². The van der Waals surface area contributed by atoms with E-state index in [1.165, 1.54) is 30.6 Å². The van der Waals surface area contributed by atoms with Crippen LogP contribution >= 0.6 is 11.6 Å². The van der Waals surface area contributed by atoms with E-state index in [-0.39, 0.29) is 16.9 Å². The Bertz CT molecular complexity index is 903. The highest BCUT2D eigenvalue weighted by atomic mass is 35.5. The first kappa shape index (κ1) is 17.8. The van der Waals surface area contributed by atoms with Crippen LogP contribution in [0.2, 0.25) is 5.02 Å². The normalized spacial score (nSPS) is 10.4. The minimum absolute atomic E-state index is 0.00301. The number of benzene rings is 2. The second-order valence-corrected chi connectivity index (χ2v) is 5.84. The summed E-state index contributed by atoms with van der Waals surface area (Å²) in [5.41, 5.74) is 1.73. The topological polar surface area (TPSA) is 58.1 Å². The zero-order chi connectivity index (χ0) is 18.5. The number of anilines is 3. The van der Waals surface area contributed by atoms with E-state index < -0.39 is 5.82 Å². The first-order valence-electron chi connectivity index (χ1n) is 7.99. The fraction of sp³-hybridized carbons (Fsp3) is 0.105. The number of rotatable bonds is 5. The van der Waals surface area contributed by atoms with Gasteiger partial charge < -0.3 is 10.2 Å². The molecule has 7 heteroatoms. The highest BCUT2D eigenvalue weighted by Gasteiger charge is 2.16. The van der Waals surface area contributed by atoms with E-state index in [1.807, 2.05) is 37.3 Å². The summed E-state index contributed by atoms with van der Waals surface area (Å²) in [7, 11) is 0. The van der Waals surface area contributed by atoms with Gasteiger partial charge in [-0.05, 0) is 37.3 Å². The Morgan fingerprint density at radius 2 is 1.85 bits per heavy atom. The van der Waals surface area contributed by atoms with Crippen molar-refractivity contribution < 1.29 is 9.18 Å². The third-order valence-electron chi connectivity index (χ3n) is 3.70. The second kappa shape index (κ2) is 7.93. The average molecular weight is 371 g/mol. The lowest BCUT2D eigenvalue weighted by Crippen LogP contribution is -2.30. The molecule has 1 amide bonds. The Labute approximate surface area is 155 Å². The van der Waals surface area contributed by atoms with Crippen molar-refractivity contribution >= 4 is 34.8 Å². The number of halogens is 2. The third kappa shape index (κ3) is 3.97. The maximum Gasteiger partial charge on any atom is 0.261 e. The van der Waals surface area contributed by atoms with Crippen molar-refractivity contribution in [1.82, 2.24) is 9.97 Å². The molecular formula is C19H16ClFN4O. The number of hydrogen-bond donors (Lipinski definition) is 1. The molecule has 0 aliphatic heterocycles. The predicted octanol–water partition coefficient (Wildman–Crippen LogP) is 4.68. The standard InChI is InChI=1S/C19H16ClFN4O/c1-2-25(15-6-4-3-5-7-15)18(26)13-11-22-19(23-12-13)24-14-8-9-17(21)16(20)10-14/h3-12H,2H2,1H3,(H,22,23,24). The lowest BCUT2D eigenvalue weighted by molar-refractivity contribution is 0.0987. The van der Waals surface area contributed by atoms with Crippen molar-refractivity contribution in [3.05, 3.63) is 77.3 Å². The summed E-state index contributed by atoms with van der Waals surface area (Å²) < 4.78 is 13.2. The molecule has 0 saturated carbocycles. The van der Waals surface area contributed by atoms with Gasteiger partial charge >= 0.3 is 0 Å². The van der Waals surface area contributed by atoms with Gasteiger partial charge in [0.1, 0.15) is 5.82 Å². The van der Waals surface area contributed by atoms with Crippen LogP contribution in [0.25, 0.3) is 0 Å². The average Bonchev–Trinajstić information content (AvgIpc) is 2.67. The zero-order valence-corrected chi connectivity index (χ0v) is 14.7. The van der Waals surface area contributed by atoms with Gasteiger partial charge in [-0.25, -0.2) is 14.4 Å². The largest absolute Gasteiger partial charge is 0.324 e. The summed E-state index contributed by atoms with van der Waals surface area (Å²) >= 11 is 5.75. The maximum atomic E-state index is 13.2. The number of hydrogen-bond acceptors (Lipinski definition) is 4. The van der Waals surface area contributed by atoms with Crippen LogP contribution in [0.5, 0.6) is 0 Å². The molecule has 3 rings (SSSR count). The molecule has 0 aliphatic carbocycles. The van der Waals surface area contributed by atoms with Crippen molar-refractivity contribution in [2.24, 2.45) is 0 Å². The van der Waals surface area contributed by atoms with Crippen LogP contribution < -0.4 is 10.2 Å². The number of carbonyl (C=O) groups excluding carboxylic acids is 1. The van der Waals surface area contributed by atoms with Gasteiger partial charge in [-0.2, -0.15) is 0 Å². The molecule has 132 valence electrons. The monoisotopic (exact) mass is 370 g/mol. The Kier molecular flexibility index (Phi) is 5.43. The van der Waals surface area contributed by atoms with E-state index in [4.69, 9.17) is 11.6 Å². The number of aromatic nitrogens is 2. The molecule has 0 bridgehead atoms. The van der Waals surface area contributed by atoms with Crippen LogP contribution in [0.1, 0.15) is 17.3 Å². The molecule has 0 spiro atoms. The summed E-state index contributed by atoms with van der Waals surface area (Å²) in [5, 5.41) is 2.92. The van der Waals surface area contributed by atoms with Crippen molar-refractivity contribution in [1.29, 1.82) is 0 Å². The minimum Gasteiger partial charge on any atom is -0.324 e. The fourth-order valence-corrected chi connectivity index (χ4v) is 2.59. The van der Waals surface area contributed by atoms with Crippen molar-refractivity contribution in [3.63, 3.8) is 0 Å². The number of nitrogens with zero attached hydrogens (tertiary/aromatic N) is 3. The molecule has 3 aromatic rings. The first-order chi connectivity index (χ1) is 12.6. The number of nitrogens with one attached hydrogen (secondary N) is 1. The summed E-state index contributed by atoms with van der Waals surface area (Å²) in [6, 6.07) is 13.6. The first-order valence-corrected chi connectivity index (χ1v) is 8.37. The summed E-state index contributed by atoms with van der Waals surface area (Å²) in [6.45, 7) is 2.43. The molecule has 0 fully saturated rings. The molecular weight excluding hydrogens is 355 g/mol. The third-order valence-corrected chi connectivity index (χ3v) is 3.99. The van der Waals surface area contributed by atoms with Gasteiger partial charge in [0.25, 0.3) is 5.91 Å². The number of amides is 1. The molecule has 0 radical (unpaired) electrons. The fourth-order valence-electron chi connectivity index (χ4n) is 2.41. The number of para-hydroxylation sites is 1. The quantitative estimate of drug-likeness (QED) is 0.708. The second-order valence-electron chi connectivity index (χ2n) is 5.43. The van der Waals surface area contributed by atoms with E-state index in [2.05, 4.69) is 15.3 Å². The molecule has 1 aromatic heterocycles. The molecule has 5 nitrogen and oxygen atoms in total. The lowest BCUT2D eigenvalue weighted by atomic mass is 10.2. The van der Waals surface area contributed by atoms with Gasteiger partial charge in [-0.1, -0.05) is 29.8 Å². The van der Waals surface area contributed by atoms with Crippen LogP contribution in [0.4, 0.5) is 21.7 Å². The van der Waals surface area contributed by atoms with Gasteiger partial charge in [0, 0.05) is 30.3 Å². The Hall–Kier alpha value is -2.99.